The molecule has 0 saturated carbocycles. The molecule has 0 aliphatic carbocycles. The molecular weight excluding hydrogens is 316 g/mol. The summed E-state index contributed by atoms with van der Waals surface area (Å²) in [7, 11) is 0. The van der Waals surface area contributed by atoms with Crippen LogP contribution in [0.2, 0.25) is 0 Å². The van der Waals surface area contributed by atoms with Crippen LogP contribution in [-0.4, -0.2) is 45.9 Å². The molecule has 2 heterocycles. The molecule has 1 aromatic heterocycles. The van der Waals surface area contributed by atoms with Gasteiger partial charge in [-0.15, -0.1) is 0 Å². The van der Waals surface area contributed by atoms with E-state index in [4.69, 9.17) is 0 Å². The minimum absolute atomic E-state index is 0.155. The van der Waals surface area contributed by atoms with Gasteiger partial charge in [-0.3, -0.25) is 9.59 Å². The second-order valence-corrected chi connectivity index (χ2v) is 6.29. The molecule has 0 unspecified atom stereocenters. The zero-order valence-electron chi connectivity index (χ0n) is 14.4. The van der Waals surface area contributed by atoms with E-state index in [1.165, 1.54) is 6.08 Å². The summed E-state index contributed by atoms with van der Waals surface area (Å²) in [5.41, 5.74) is 1.89. The van der Waals surface area contributed by atoms with E-state index in [9.17, 15) is 9.59 Å². The number of nitrogens with zero attached hydrogens (tertiary/aromatic N) is 3. The van der Waals surface area contributed by atoms with Gasteiger partial charge in [-0.2, -0.15) is 0 Å². The van der Waals surface area contributed by atoms with Gasteiger partial charge < -0.3 is 14.8 Å². The van der Waals surface area contributed by atoms with Gasteiger partial charge in [0, 0.05) is 26.1 Å². The maximum absolute atomic E-state index is 12.6. The first-order chi connectivity index (χ1) is 12.2. The van der Waals surface area contributed by atoms with E-state index in [2.05, 4.69) is 16.9 Å². The number of para-hydroxylation sites is 2. The summed E-state index contributed by atoms with van der Waals surface area (Å²) < 4.78 is 2.02. The van der Waals surface area contributed by atoms with Crippen molar-refractivity contribution in [3.8, 4) is 0 Å². The Balaban J connectivity index is 1.73. The number of imidazole rings is 1. The molecule has 1 aliphatic heterocycles. The van der Waals surface area contributed by atoms with Gasteiger partial charge in [-0.05, 0) is 37.5 Å². The lowest BCUT2D eigenvalue weighted by atomic mass is 10.3. The number of aromatic nitrogens is 2. The Morgan fingerprint density at radius 1 is 1.24 bits per heavy atom. The van der Waals surface area contributed by atoms with Crippen molar-refractivity contribution in [1.82, 2.24) is 19.8 Å². The molecule has 1 N–H and O–H groups in total. The third-order valence-corrected chi connectivity index (χ3v) is 4.55. The van der Waals surface area contributed by atoms with Crippen LogP contribution >= 0.6 is 0 Å². The first kappa shape index (κ1) is 17.2. The van der Waals surface area contributed by atoms with E-state index < -0.39 is 0 Å². The van der Waals surface area contributed by atoms with Crippen LogP contribution in [0.1, 0.15) is 25.1 Å². The summed E-state index contributed by atoms with van der Waals surface area (Å²) in [5, 5.41) is 2.77. The molecule has 0 atom stereocenters. The number of benzene rings is 1. The highest BCUT2D eigenvalue weighted by molar-refractivity contribution is 5.86. The molecule has 1 fully saturated rings. The van der Waals surface area contributed by atoms with Gasteiger partial charge in [-0.1, -0.05) is 18.7 Å². The zero-order chi connectivity index (χ0) is 17.6. The Labute approximate surface area is 147 Å². The van der Waals surface area contributed by atoms with Crippen LogP contribution in [-0.2, 0) is 22.6 Å². The van der Waals surface area contributed by atoms with Crippen molar-refractivity contribution < 1.29 is 9.59 Å². The fourth-order valence-corrected chi connectivity index (χ4v) is 3.22. The lowest BCUT2D eigenvalue weighted by Crippen LogP contribution is -2.31. The van der Waals surface area contributed by atoms with E-state index in [0.29, 0.717) is 19.5 Å². The first-order valence-corrected chi connectivity index (χ1v) is 8.81. The average Bonchev–Trinajstić information content (AvgIpc) is 3.27. The summed E-state index contributed by atoms with van der Waals surface area (Å²) >= 11 is 0. The summed E-state index contributed by atoms with van der Waals surface area (Å²) in [6, 6.07) is 7.89. The second-order valence-electron chi connectivity index (χ2n) is 6.29. The number of carbonyl (C=O) groups is 2. The van der Waals surface area contributed by atoms with Crippen LogP contribution < -0.4 is 5.32 Å². The third-order valence-electron chi connectivity index (χ3n) is 4.55. The molecule has 6 nitrogen and oxygen atoms in total. The van der Waals surface area contributed by atoms with Crippen LogP contribution in [0.4, 0.5) is 0 Å². The Hall–Kier alpha value is -2.63. The van der Waals surface area contributed by atoms with E-state index in [0.717, 1.165) is 49.2 Å². The van der Waals surface area contributed by atoms with E-state index >= 15 is 0 Å². The molecule has 0 radical (unpaired) electrons. The van der Waals surface area contributed by atoms with Crippen LogP contribution in [0.25, 0.3) is 11.0 Å². The topological polar surface area (TPSA) is 67.2 Å². The maximum atomic E-state index is 12.6. The fourth-order valence-electron chi connectivity index (χ4n) is 3.22. The maximum Gasteiger partial charge on any atom is 0.243 e. The number of hydrogen-bond donors (Lipinski definition) is 1. The van der Waals surface area contributed by atoms with Crippen molar-refractivity contribution in [2.45, 2.75) is 32.2 Å². The highest BCUT2D eigenvalue weighted by Gasteiger charge is 2.20. The molecule has 1 saturated heterocycles. The average molecular weight is 340 g/mol. The highest BCUT2D eigenvalue weighted by Crippen LogP contribution is 2.18. The second kappa shape index (κ2) is 7.96. The summed E-state index contributed by atoms with van der Waals surface area (Å²) in [4.78, 5) is 30.4. The SMILES string of the molecule is C=CC(=O)NCCCc1nc2ccccc2n1CC(=O)N1CCCC1. The Morgan fingerprint density at radius 3 is 2.76 bits per heavy atom. The molecule has 6 heteroatoms. The number of aryl methyl sites for hydroxylation is 1. The van der Waals surface area contributed by atoms with Gasteiger partial charge in [0.1, 0.15) is 12.4 Å². The summed E-state index contributed by atoms with van der Waals surface area (Å²) in [6.45, 7) is 6.04. The molecule has 1 aromatic carbocycles. The van der Waals surface area contributed by atoms with E-state index in [1.54, 1.807) is 0 Å². The number of likely N-dealkylation sites (tertiary alicyclic amines) is 1. The number of carbonyl (C=O) groups excluding carboxylic acids is 2. The van der Waals surface area contributed by atoms with Gasteiger partial charge >= 0.3 is 0 Å². The highest BCUT2D eigenvalue weighted by atomic mass is 16.2. The van der Waals surface area contributed by atoms with Crippen LogP contribution in [0.5, 0.6) is 0 Å². The van der Waals surface area contributed by atoms with Crippen molar-refractivity contribution in [3.63, 3.8) is 0 Å². The first-order valence-electron chi connectivity index (χ1n) is 8.81. The van der Waals surface area contributed by atoms with E-state index in [-0.39, 0.29) is 11.8 Å². The molecule has 3 rings (SSSR count). The van der Waals surface area contributed by atoms with Gasteiger partial charge in [0.2, 0.25) is 11.8 Å². The van der Waals surface area contributed by atoms with Gasteiger partial charge in [0.05, 0.1) is 11.0 Å². The summed E-state index contributed by atoms with van der Waals surface area (Å²) in [5.74, 6) is 0.876. The predicted octanol–water partition coefficient (Wildman–Crippen LogP) is 1.89. The minimum atomic E-state index is -0.169. The zero-order valence-corrected chi connectivity index (χ0v) is 14.4. The molecule has 0 bridgehead atoms. The van der Waals surface area contributed by atoms with Crippen molar-refractivity contribution in [1.29, 1.82) is 0 Å². The number of hydrogen-bond acceptors (Lipinski definition) is 3. The number of nitrogens with one attached hydrogen (secondary N) is 1. The lowest BCUT2D eigenvalue weighted by Gasteiger charge is -2.17. The van der Waals surface area contributed by atoms with Gasteiger partial charge in [0.25, 0.3) is 0 Å². The number of rotatable bonds is 7. The number of fused-ring (bicyclic) bond motifs is 1. The Bertz CT molecular complexity index is 775. The van der Waals surface area contributed by atoms with Crippen molar-refractivity contribution >= 4 is 22.8 Å². The Morgan fingerprint density at radius 2 is 2.00 bits per heavy atom. The van der Waals surface area contributed by atoms with Crippen LogP contribution in [0.3, 0.4) is 0 Å². The lowest BCUT2D eigenvalue weighted by molar-refractivity contribution is -0.130. The minimum Gasteiger partial charge on any atom is -0.353 e. The van der Waals surface area contributed by atoms with Crippen LogP contribution in [0, 0.1) is 0 Å². The Kier molecular flexibility index (Phi) is 5.48. The van der Waals surface area contributed by atoms with Crippen molar-refractivity contribution in [3.05, 3.63) is 42.7 Å². The largest absolute Gasteiger partial charge is 0.353 e. The molecule has 1 aliphatic rings. The van der Waals surface area contributed by atoms with Gasteiger partial charge in [0.15, 0.2) is 0 Å². The van der Waals surface area contributed by atoms with Crippen molar-refractivity contribution in [2.75, 3.05) is 19.6 Å². The smallest absolute Gasteiger partial charge is 0.243 e. The van der Waals surface area contributed by atoms with Gasteiger partial charge in [-0.25, -0.2) is 4.98 Å². The molecule has 2 aromatic rings. The van der Waals surface area contributed by atoms with Crippen LogP contribution in [0.15, 0.2) is 36.9 Å². The molecular formula is C19H24N4O2. The third kappa shape index (κ3) is 4.07. The quantitative estimate of drug-likeness (QED) is 0.618. The predicted molar refractivity (Wildman–Crippen MR) is 97.1 cm³/mol. The fraction of sp³-hybridized carbons (Fsp3) is 0.421. The molecule has 2 amide bonds. The normalized spacial score (nSPS) is 14.0. The molecule has 0 spiro atoms. The van der Waals surface area contributed by atoms with E-state index in [1.807, 2.05) is 33.7 Å². The van der Waals surface area contributed by atoms with Crippen molar-refractivity contribution in [2.24, 2.45) is 0 Å². The standard InChI is InChI=1S/C19H24N4O2/c1-2-18(24)20-11-7-10-17-21-15-8-3-4-9-16(15)23(17)14-19(25)22-12-5-6-13-22/h2-4,8-9H,1,5-7,10-14H2,(H,20,24). The molecule has 132 valence electrons. The molecule has 25 heavy (non-hydrogen) atoms. The summed E-state index contributed by atoms with van der Waals surface area (Å²) in [6.07, 6.45) is 4.92. The number of amides is 2. The monoisotopic (exact) mass is 340 g/mol.